The number of amides is 3. The molecular formula is C23H30FN5O3S. The fourth-order valence-electron chi connectivity index (χ4n) is 3.78. The van der Waals surface area contributed by atoms with Gasteiger partial charge in [-0.05, 0) is 64.7 Å². The summed E-state index contributed by atoms with van der Waals surface area (Å²) in [6.45, 7) is 7.80. The van der Waals surface area contributed by atoms with Crippen LogP contribution in [0, 0.1) is 5.82 Å². The highest BCUT2D eigenvalue weighted by molar-refractivity contribution is 8.33. The second-order valence-corrected chi connectivity index (χ2v) is 14.8. The fraction of sp³-hybridized carbons (Fsp3) is 0.435. The molecule has 0 unspecified atom stereocenters. The summed E-state index contributed by atoms with van der Waals surface area (Å²) < 4.78 is 19.3. The van der Waals surface area contributed by atoms with E-state index in [2.05, 4.69) is 39.6 Å². The number of carbonyl (C=O) groups excluding carboxylic acids is 2. The first-order valence-electron chi connectivity index (χ1n) is 10.6. The van der Waals surface area contributed by atoms with Crippen molar-refractivity contribution in [1.82, 2.24) is 15.1 Å². The Morgan fingerprint density at radius 2 is 1.91 bits per heavy atom. The molecule has 0 fully saturated rings. The van der Waals surface area contributed by atoms with Crippen molar-refractivity contribution in [3.8, 4) is 0 Å². The maximum atomic E-state index is 14.5. The lowest BCUT2D eigenvalue weighted by molar-refractivity contribution is -0.117. The minimum atomic E-state index is -1.19. The number of fused-ring (bicyclic) bond motifs is 2. The average molecular weight is 476 g/mol. The van der Waals surface area contributed by atoms with Crippen molar-refractivity contribution < 1.29 is 18.4 Å². The van der Waals surface area contributed by atoms with Gasteiger partial charge in [0.25, 0.3) is 0 Å². The molecule has 0 spiro atoms. The van der Waals surface area contributed by atoms with Crippen molar-refractivity contribution in [3.63, 3.8) is 0 Å². The summed E-state index contributed by atoms with van der Waals surface area (Å²) in [5, 5.41) is 13.6. The number of aromatic nitrogens is 2. The Bertz CT molecular complexity index is 1250. The molecule has 0 saturated heterocycles. The van der Waals surface area contributed by atoms with E-state index in [0.717, 1.165) is 11.3 Å². The summed E-state index contributed by atoms with van der Waals surface area (Å²) >= 11 is 0. The van der Waals surface area contributed by atoms with Crippen molar-refractivity contribution >= 4 is 44.4 Å². The number of H-pyrrole nitrogens is 1. The lowest BCUT2D eigenvalue weighted by Gasteiger charge is -2.41. The van der Waals surface area contributed by atoms with Crippen molar-refractivity contribution in [3.05, 3.63) is 41.5 Å². The zero-order valence-corrected chi connectivity index (χ0v) is 20.7. The van der Waals surface area contributed by atoms with E-state index in [1.165, 1.54) is 12.3 Å². The van der Waals surface area contributed by atoms with Gasteiger partial charge in [0.05, 0.1) is 28.8 Å². The molecule has 0 bridgehead atoms. The molecule has 178 valence electrons. The van der Waals surface area contributed by atoms with Crippen LogP contribution < -0.4 is 10.6 Å². The molecule has 1 aliphatic heterocycles. The van der Waals surface area contributed by atoms with E-state index in [4.69, 9.17) is 4.42 Å². The molecule has 3 amide bonds. The highest BCUT2D eigenvalue weighted by Crippen LogP contribution is 2.50. The van der Waals surface area contributed by atoms with Crippen molar-refractivity contribution in [1.29, 1.82) is 0 Å². The van der Waals surface area contributed by atoms with Crippen LogP contribution in [0.15, 0.2) is 28.9 Å². The van der Waals surface area contributed by atoms with Crippen LogP contribution in [-0.4, -0.2) is 50.5 Å². The van der Waals surface area contributed by atoms with Gasteiger partial charge in [-0.1, -0.05) is 0 Å². The molecule has 0 radical (unpaired) electrons. The molecule has 3 aromatic rings. The van der Waals surface area contributed by atoms with Crippen molar-refractivity contribution in [2.24, 2.45) is 0 Å². The monoisotopic (exact) mass is 475 g/mol. The second kappa shape index (κ2) is 7.51. The number of hydrogen-bond acceptors (Lipinski definition) is 4. The van der Waals surface area contributed by atoms with Gasteiger partial charge in [-0.3, -0.25) is 9.89 Å². The standard InChI is InChI=1S/C23H30FN5O3S/c1-22(2)18-14(19(28-27-18)26-20(30)23(3,4)33(5,6)7)12-29(22)21(31)25-16-15(24)9-8-13-10-11-32-17(13)16/h8-11H,12H2,1-7H3,(H,25,31)(H2,26,27,28,30). The van der Waals surface area contributed by atoms with Crippen LogP contribution in [0.5, 0.6) is 0 Å². The molecule has 3 N–H and O–H groups in total. The summed E-state index contributed by atoms with van der Waals surface area (Å²) in [6.07, 6.45) is 7.73. The van der Waals surface area contributed by atoms with Gasteiger partial charge < -0.3 is 20.0 Å². The largest absolute Gasteiger partial charge is 0.462 e. The predicted molar refractivity (Wildman–Crippen MR) is 130 cm³/mol. The summed E-state index contributed by atoms with van der Waals surface area (Å²) in [5.74, 6) is -0.288. The number of rotatable bonds is 4. The Balaban J connectivity index is 1.59. The number of aromatic amines is 1. The Labute approximate surface area is 193 Å². The summed E-state index contributed by atoms with van der Waals surface area (Å²) in [6, 6.07) is 4.11. The van der Waals surface area contributed by atoms with Gasteiger partial charge in [0.2, 0.25) is 5.91 Å². The summed E-state index contributed by atoms with van der Waals surface area (Å²) in [4.78, 5) is 27.8. The predicted octanol–water partition coefficient (Wildman–Crippen LogP) is 4.99. The fourth-order valence-corrected chi connectivity index (χ4v) is 4.39. The number of halogens is 1. The van der Waals surface area contributed by atoms with Crippen LogP contribution in [-0.2, 0) is 16.9 Å². The number of urea groups is 1. The number of carbonyl (C=O) groups is 2. The lowest BCUT2D eigenvalue weighted by Crippen LogP contribution is -2.43. The maximum absolute atomic E-state index is 14.5. The van der Waals surface area contributed by atoms with E-state index >= 15 is 0 Å². The van der Waals surface area contributed by atoms with E-state index in [1.807, 2.05) is 27.7 Å². The van der Waals surface area contributed by atoms with Gasteiger partial charge in [0, 0.05) is 10.9 Å². The number of anilines is 2. The highest BCUT2D eigenvalue weighted by atomic mass is 32.3. The Morgan fingerprint density at radius 1 is 1.21 bits per heavy atom. The van der Waals surface area contributed by atoms with E-state index in [0.29, 0.717) is 11.2 Å². The number of benzene rings is 1. The van der Waals surface area contributed by atoms with Crippen LogP contribution in [0.3, 0.4) is 0 Å². The van der Waals surface area contributed by atoms with Gasteiger partial charge in [-0.2, -0.15) is 5.10 Å². The third-order valence-electron chi connectivity index (χ3n) is 6.83. The topological polar surface area (TPSA) is 103 Å². The minimum absolute atomic E-state index is 0.00425. The number of nitrogens with zero attached hydrogens (tertiary/aromatic N) is 2. The highest BCUT2D eigenvalue weighted by Gasteiger charge is 2.45. The lowest BCUT2D eigenvalue weighted by atomic mass is 10.0. The SMILES string of the molecule is CC1(C)c2[nH]nc(NC(=O)C(C)(C)S(C)(C)C)c2CN1C(=O)Nc1c(F)ccc2ccoc12. The minimum Gasteiger partial charge on any atom is -0.462 e. The summed E-state index contributed by atoms with van der Waals surface area (Å²) in [5.41, 5.74) is 0.981. The first-order valence-corrected chi connectivity index (χ1v) is 13.4. The molecule has 2 aromatic heterocycles. The second-order valence-electron chi connectivity index (χ2n) is 10.1. The van der Waals surface area contributed by atoms with Crippen LogP contribution in [0.2, 0.25) is 0 Å². The Morgan fingerprint density at radius 3 is 2.58 bits per heavy atom. The quantitative estimate of drug-likeness (QED) is 0.495. The molecule has 10 heteroatoms. The van der Waals surface area contributed by atoms with E-state index in [9.17, 15) is 14.0 Å². The van der Waals surface area contributed by atoms with E-state index < -0.39 is 32.2 Å². The summed E-state index contributed by atoms with van der Waals surface area (Å²) in [7, 11) is -1.19. The molecule has 1 aliphatic rings. The zero-order valence-electron chi connectivity index (χ0n) is 19.9. The molecule has 0 saturated carbocycles. The maximum Gasteiger partial charge on any atom is 0.323 e. The molecule has 33 heavy (non-hydrogen) atoms. The van der Waals surface area contributed by atoms with Gasteiger partial charge >= 0.3 is 6.03 Å². The van der Waals surface area contributed by atoms with Gasteiger partial charge in [-0.25, -0.2) is 19.2 Å². The van der Waals surface area contributed by atoms with Gasteiger partial charge in [0.15, 0.2) is 17.2 Å². The van der Waals surface area contributed by atoms with Crippen LogP contribution in [0.1, 0.15) is 39.0 Å². The zero-order chi connectivity index (χ0) is 24.3. The third-order valence-corrected chi connectivity index (χ3v) is 10.1. The van der Waals surface area contributed by atoms with Crippen molar-refractivity contribution in [2.75, 3.05) is 29.4 Å². The van der Waals surface area contributed by atoms with Crippen LogP contribution in [0.25, 0.3) is 11.0 Å². The van der Waals surface area contributed by atoms with E-state index in [-0.39, 0.29) is 23.7 Å². The Hall–Kier alpha value is -3.01. The molecular weight excluding hydrogens is 445 g/mol. The van der Waals surface area contributed by atoms with Gasteiger partial charge in [-0.15, -0.1) is 0 Å². The molecule has 8 nitrogen and oxygen atoms in total. The smallest absolute Gasteiger partial charge is 0.323 e. The molecule has 4 rings (SSSR count). The molecule has 3 heterocycles. The number of hydrogen-bond donors (Lipinski definition) is 3. The molecule has 0 aliphatic carbocycles. The van der Waals surface area contributed by atoms with Gasteiger partial charge in [0.1, 0.15) is 5.69 Å². The first kappa shape index (κ1) is 23.2. The first-order chi connectivity index (χ1) is 15.2. The van der Waals surface area contributed by atoms with Crippen LogP contribution >= 0.6 is 10.0 Å². The normalized spacial score (nSPS) is 16.1. The molecule has 1 aromatic carbocycles. The number of nitrogens with one attached hydrogen (secondary N) is 3. The third kappa shape index (κ3) is 3.66. The van der Waals surface area contributed by atoms with E-state index in [1.54, 1.807) is 17.0 Å². The number of furan rings is 1. The van der Waals surface area contributed by atoms with Crippen LogP contribution in [0.4, 0.5) is 20.7 Å². The molecule has 0 atom stereocenters. The Kier molecular flexibility index (Phi) is 5.27. The van der Waals surface area contributed by atoms with Crippen molar-refractivity contribution in [2.45, 2.75) is 44.5 Å². The average Bonchev–Trinajstić information content (AvgIpc) is 3.39.